The van der Waals surface area contributed by atoms with Crippen molar-refractivity contribution >= 4 is 38.3 Å². The van der Waals surface area contributed by atoms with Gasteiger partial charge in [-0.05, 0) is 55.9 Å². The number of halogens is 1. The summed E-state index contributed by atoms with van der Waals surface area (Å²) in [5, 5.41) is 14.7. The summed E-state index contributed by atoms with van der Waals surface area (Å²) in [5.41, 5.74) is 2.43. The molecule has 2 aromatic carbocycles. The predicted octanol–water partition coefficient (Wildman–Crippen LogP) is 5.37. The molecule has 11 nitrogen and oxygen atoms in total. The van der Waals surface area contributed by atoms with Crippen molar-refractivity contribution in [1.29, 1.82) is 0 Å². The number of fused-ring (bicyclic) bond motifs is 1. The number of anilines is 3. The third-order valence-corrected chi connectivity index (χ3v) is 8.37. The van der Waals surface area contributed by atoms with Crippen molar-refractivity contribution in [3.63, 3.8) is 0 Å². The van der Waals surface area contributed by atoms with E-state index in [9.17, 15) is 8.42 Å². The number of H-pyrrole nitrogens is 1. The number of hydrogen-bond acceptors (Lipinski definition) is 9. The van der Waals surface area contributed by atoms with Gasteiger partial charge in [0.2, 0.25) is 0 Å². The Labute approximate surface area is 224 Å². The van der Waals surface area contributed by atoms with Gasteiger partial charge < -0.3 is 24.1 Å². The molecule has 0 radical (unpaired) electrons. The molecule has 1 saturated carbocycles. The second kappa shape index (κ2) is 10.0. The highest BCUT2D eigenvalue weighted by molar-refractivity contribution is 7.92. The van der Waals surface area contributed by atoms with Crippen LogP contribution >= 0.6 is 0 Å². The molecule has 39 heavy (non-hydrogen) atoms. The van der Waals surface area contributed by atoms with Crippen molar-refractivity contribution in [2.75, 3.05) is 30.9 Å². The van der Waals surface area contributed by atoms with E-state index in [2.05, 4.69) is 25.4 Å². The van der Waals surface area contributed by atoms with Crippen molar-refractivity contribution in [3.8, 4) is 11.5 Å². The first kappa shape index (κ1) is 25.4. The second-order valence-corrected chi connectivity index (χ2v) is 11.3. The lowest BCUT2D eigenvalue weighted by Crippen LogP contribution is -2.18. The lowest BCUT2D eigenvalue weighted by atomic mass is 10.0. The van der Waals surface area contributed by atoms with Crippen LogP contribution in [0.1, 0.15) is 55.4 Å². The Morgan fingerprint density at radius 1 is 1.05 bits per heavy atom. The van der Waals surface area contributed by atoms with Gasteiger partial charge in [-0.1, -0.05) is 5.16 Å². The molecule has 1 atom stereocenters. The van der Waals surface area contributed by atoms with E-state index in [0.29, 0.717) is 40.7 Å². The van der Waals surface area contributed by atoms with Gasteiger partial charge >= 0.3 is 0 Å². The van der Waals surface area contributed by atoms with Crippen molar-refractivity contribution in [3.05, 3.63) is 47.4 Å². The molecule has 0 spiro atoms. The van der Waals surface area contributed by atoms with Gasteiger partial charge in [0.25, 0.3) is 10.0 Å². The highest BCUT2D eigenvalue weighted by atomic mass is 32.2. The standard InChI is InChI=1S/C26H28FN5O6S/c1-35-22-11-16-21(12-19(22)28-24-13-18(29-30-24)14-6-7-14)38-31-26(16)32-39(33,34)25-17(27)9-15(10-23(25)36-2)20-5-3-4-8-37-20/h9-14,20H,3-8H2,1-2H3,(H,31,32)(H2,28,29,30)/t20-/m1/s1. The number of sulfonamides is 1. The van der Waals surface area contributed by atoms with E-state index >= 15 is 4.39 Å². The Hall–Kier alpha value is -3.84. The maximum atomic E-state index is 15.3. The zero-order valence-electron chi connectivity index (χ0n) is 21.4. The highest BCUT2D eigenvalue weighted by Crippen LogP contribution is 2.41. The summed E-state index contributed by atoms with van der Waals surface area (Å²) >= 11 is 0. The number of nitrogens with zero attached hydrogens (tertiary/aromatic N) is 2. The fourth-order valence-corrected chi connectivity index (χ4v) is 6.04. The van der Waals surface area contributed by atoms with Crippen LogP contribution in [0, 0.1) is 5.82 Å². The van der Waals surface area contributed by atoms with Crippen LogP contribution in [0.25, 0.3) is 11.0 Å². The van der Waals surface area contributed by atoms with E-state index in [4.69, 9.17) is 18.7 Å². The molecule has 1 saturated heterocycles. The minimum Gasteiger partial charge on any atom is -0.495 e. The monoisotopic (exact) mass is 557 g/mol. The molecule has 0 unspecified atom stereocenters. The molecule has 206 valence electrons. The Kier molecular flexibility index (Phi) is 6.55. The van der Waals surface area contributed by atoms with E-state index in [1.807, 2.05) is 6.07 Å². The topological polar surface area (TPSA) is 141 Å². The molecular weight excluding hydrogens is 529 g/mol. The van der Waals surface area contributed by atoms with Gasteiger partial charge in [0.1, 0.15) is 17.3 Å². The maximum Gasteiger partial charge on any atom is 0.269 e. The molecule has 1 aliphatic carbocycles. The normalized spacial score (nSPS) is 17.8. The molecular formula is C26H28FN5O6S. The first-order valence-electron chi connectivity index (χ1n) is 12.7. The largest absolute Gasteiger partial charge is 0.495 e. The summed E-state index contributed by atoms with van der Waals surface area (Å²) in [7, 11) is -1.68. The first-order valence-corrected chi connectivity index (χ1v) is 14.2. The summed E-state index contributed by atoms with van der Waals surface area (Å²) in [6.07, 6.45) is 4.57. The van der Waals surface area contributed by atoms with Gasteiger partial charge in [-0.15, -0.1) is 0 Å². The molecule has 2 aliphatic rings. The van der Waals surface area contributed by atoms with Crippen molar-refractivity contribution < 1.29 is 31.5 Å². The van der Waals surface area contributed by atoms with Gasteiger partial charge in [-0.3, -0.25) is 9.82 Å². The Morgan fingerprint density at radius 3 is 2.59 bits per heavy atom. The molecule has 4 aromatic rings. The van der Waals surface area contributed by atoms with Crippen LogP contribution in [0.4, 0.5) is 21.7 Å². The van der Waals surface area contributed by atoms with E-state index in [1.165, 1.54) is 26.4 Å². The van der Waals surface area contributed by atoms with Crippen LogP contribution in [-0.4, -0.2) is 44.6 Å². The van der Waals surface area contributed by atoms with Crippen LogP contribution in [0.2, 0.25) is 0 Å². The third-order valence-electron chi connectivity index (χ3n) is 6.97. The minimum absolute atomic E-state index is 0.119. The van der Waals surface area contributed by atoms with Crippen molar-refractivity contribution in [2.24, 2.45) is 0 Å². The molecule has 2 fully saturated rings. The summed E-state index contributed by atoms with van der Waals surface area (Å²) in [6.45, 7) is 0.569. The maximum absolute atomic E-state index is 15.3. The zero-order valence-corrected chi connectivity index (χ0v) is 22.2. The SMILES string of the molecule is COc1cc2c(NS(=O)(=O)c3c(F)cc([C@H]4CCCCO4)cc3OC)noc2cc1Nc1cc(C2CC2)[nH]n1. The fourth-order valence-electron chi connectivity index (χ4n) is 4.82. The number of rotatable bonds is 9. The van der Waals surface area contributed by atoms with E-state index in [0.717, 1.165) is 37.8 Å². The predicted molar refractivity (Wildman–Crippen MR) is 141 cm³/mol. The quantitative estimate of drug-likeness (QED) is 0.248. The van der Waals surface area contributed by atoms with E-state index in [-0.39, 0.29) is 23.3 Å². The minimum atomic E-state index is -4.46. The number of benzene rings is 2. The zero-order chi connectivity index (χ0) is 27.1. The first-order chi connectivity index (χ1) is 18.9. The molecule has 13 heteroatoms. The lowest BCUT2D eigenvalue weighted by molar-refractivity contribution is 0.0146. The fraction of sp³-hybridized carbons (Fsp3) is 0.385. The molecule has 3 N–H and O–H groups in total. The van der Waals surface area contributed by atoms with Crippen molar-refractivity contribution in [1.82, 2.24) is 15.4 Å². The summed E-state index contributed by atoms with van der Waals surface area (Å²) < 4.78 is 66.3. The summed E-state index contributed by atoms with van der Waals surface area (Å²) in [6, 6.07) is 7.83. The van der Waals surface area contributed by atoms with Crippen LogP contribution in [-0.2, 0) is 14.8 Å². The number of hydrogen-bond donors (Lipinski definition) is 3. The second-order valence-electron chi connectivity index (χ2n) is 9.68. The van der Waals surface area contributed by atoms with Gasteiger partial charge in [-0.2, -0.15) is 5.10 Å². The third kappa shape index (κ3) is 4.99. The van der Waals surface area contributed by atoms with Gasteiger partial charge in [0, 0.05) is 30.4 Å². The highest BCUT2D eigenvalue weighted by Gasteiger charge is 2.30. The van der Waals surface area contributed by atoms with E-state index < -0.39 is 20.7 Å². The molecule has 2 aromatic heterocycles. The Morgan fingerprint density at radius 2 is 1.87 bits per heavy atom. The van der Waals surface area contributed by atoms with Crippen LogP contribution in [0.3, 0.4) is 0 Å². The molecule has 1 aliphatic heterocycles. The van der Waals surface area contributed by atoms with Crippen LogP contribution < -0.4 is 19.5 Å². The van der Waals surface area contributed by atoms with Crippen LogP contribution in [0.15, 0.2) is 39.8 Å². The number of methoxy groups -OCH3 is 2. The average Bonchev–Trinajstić information content (AvgIpc) is 3.57. The van der Waals surface area contributed by atoms with Gasteiger partial charge in [0.15, 0.2) is 22.1 Å². The van der Waals surface area contributed by atoms with Gasteiger partial charge in [-0.25, -0.2) is 12.8 Å². The number of ether oxygens (including phenoxy) is 3. The average molecular weight is 558 g/mol. The molecule has 0 bridgehead atoms. The van der Waals surface area contributed by atoms with Gasteiger partial charge in [0.05, 0.1) is 31.4 Å². The molecule has 3 heterocycles. The van der Waals surface area contributed by atoms with Crippen LogP contribution in [0.5, 0.6) is 11.5 Å². The molecule has 0 amide bonds. The Balaban J connectivity index is 1.29. The lowest BCUT2D eigenvalue weighted by Gasteiger charge is -2.24. The van der Waals surface area contributed by atoms with E-state index in [1.54, 1.807) is 12.1 Å². The smallest absolute Gasteiger partial charge is 0.269 e. The summed E-state index contributed by atoms with van der Waals surface area (Å²) in [4.78, 5) is -0.629. The molecule has 6 rings (SSSR count). The summed E-state index contributed by atoms with van der Waals surface area (Å²) in [5.74, 6) is 0.331. The number of aromatic nitrogens is 3. The number of nitrogens with one attached hydrogen (secondary N) is 3. The Bertz CT molecular complexity index is 1630. The van der Waals surface area contributed by atoms with Crippen molar-refractivity contribution in [2.45, 2.75) is 49.0 Å². The number of aromatic amines is 1.